The van der Waals surface area contributed by atoms with Crippen LogP contribution in [0.4, 0.5) is 5.69 Å². The second-order valence-corrected chi connectivity index (χ2v) is 6.79. The van der Waals surface area contributed by atoms with Crippen molar-refractivity contribution in [3.8, 4) is 0 Å². The van der Waals surface area contributed by atoms with E-state index in [0.29, 0.717) is 17.0 Å². The lowest BCUT2D eigenvalue weighted by Crippen LogP contribution is -2.26. The average molecular weight is 340 g/mol. The summed E-state index contributed by atoms with van der Waals surface area (Å²) in [5.41, 5.74) is 3.22. The fourth-order valence-corrected chi connectivity index (χ4v) is 2.78. The third kappa shape index (κ3) is 4.89. The number of nitrogens with zero attached hydrogens (tertiary/aromatic N) is 1. The molecule has 0 aliphatic carbocycles. The molecule has 2 aromatic rings. The molecule has 5 heteroatoms. The molecule has 1 N–H and O–H groups in total. The predicted molar refractivity (Wildman–Crippen MR) is 98.7 cm³/mol. The quantitative estimate of drug-likeness (QED) is 0.617. The number of carbonyl (C=O) groups excluding carboxylic acids is 1. The van der Waals surface area contributed by atoms with Crippen molar-refractivity contribution < 1.29 is 9.72 Å². The van der Waals surface area contributed by atoms with Crippen molar-refractivity contribution in [3.63, 3.8) is 0 Å². The van der Waals surface area contributed by atoms with Gasteiger partial charge < -0.3 is 5.32 Å². The van der Waals surface area contributed by atoms with Crippen LogP contribution < -0.4 is 5.32 Å². The van der Waals surface area contributed by atoms with Gasteiger partial charge in [0.25, 0.3) is 11.6 Å². The maximum absolute atomic E-state index is 12.4. The summed E-state index contributed by atoms with van der Waals surface area (Å²) in [6, 6.07) is 12.5. The van der Waals surface area contributed by atoms with E-state index in [1.165, 1.54) is 17.7 Å². The summed E-state index contributed by atoms with van der Waals surface area (Å²) in [6.07, 6.45) is 1.03. The molecule has 0 fully saturated rings. The molecule has 0 spiro atoms. The second kappa shape index (κ2) is 7.92. The minimum atomic E-state index is -0.446. The van der Waals surface area contributed by atoms with E-state index in [9.17, 15) is 14.9 Å². The van der Waals surface area contributed by atoms with E-state index in [-0.39, 0.29) is 17.6 Å². The Hall–Kier alpha value is -2.69. The summed E-state index contributed by atoms with van der Waals surface area (Å²) >= 11 is 0. The van der Waals surface area contributed by atoms with Crippen LogP contribution in [0.15, 0.2) is 42.5 Å². The van der Waals surface area contributed by atoms with Crippen LogP contribution in [-0.2, 0) is 6.42 Å². The van der Waals surface area contributed by atoms with Crippen LogP contribution in [0, 0.1) is 23.0 Å². The third-order valence-electron chi connectivity index (χ3n) is 4.13. The number of hydrogen-bond donors (Lipinski definition) is 1. The molecule has 25 heavy (non-hydrogen) atoms. The van der Waals surface area contributed by atoms with Crippen molar-refractivity contribution in [2.45, 2.75) is 40.2 Å². The molecular formula is C20H24N2O3. The van der Waals surface area contributed by atoms with Crippen LogP contribution in [0.3, 0.4) is 0 Å². The van der Waals surface area contributed by atoms with E-state index in [1.807, 2.05) is 19.1 Å². The van der Waals surface area contributed by atoms with Gasteiger partial charge in [-0.1, -0.05) is 38.1 Å². The van der Waals surface area contributed by atoms with Gasteiger partial charge in [-0.15, -0.1) is 0 Å². The minimum Gasteiger partial charge on any atom is -0.346 e. The molecule has 0 unspecified atom stereocenters. The molecule has 1 atom stereocenters. The first-order valence-electron chi connectivity index (χ1n) is 8.42. The van der Waals surface area contributed by atoms with Crippen LogP contribution in [-0.4, -0.2) is 10.8 Å². The Kier molecular flexibility index (Phi) is 5.91. The number of nitro groups is 1. The number of amides is 1. The molecule has 0 aliphatic heterocycles. The first kappa shape index (κ1) is 18.6. The van der Waals surface area contributed by atoms with E-state index >= 15 is 0 Å². The standard InChI is InChI=1S/C20H24N2O3/c1-13(2)11-16-5-7-17(8-6-16)15(4)21-20(23)18-9-10-19(22(24)25)14(3)12-18/h5-10,12-13,15H,11H2,1-4H3,(H,21,23)/t15-/m0/s1. The average Bonchev–Trinajstić information content (AvgIpc) is 2.54. The van der Waals surface area contributed by atoms with Gasteiger partial charge in [-0.3, -0.25) is 14.9 Å². The van der Waals surface area contributed by atoms with Gasteiger partial charge in [0.05, 0.1) is 11.0 Å². The largest absolute Gasteiger partial charge is 0.346 e. The number of benzene rings is 2. The molecule has 0 bridgehead atoms. The molecule has 132 valence electrons. The van der Waals surface area contributed by atoms with Crippen molar-refractivity contribution >= 4 is 11.6 Å². The summed E-state index contributed by atoms with van der Waals surface area (Å²) in [6.45, 7) is 7.92. The summed E-state index contributed by atoms with van der Waals surface area (Å²) in [7, 11) is 0. The van der Waals surface area contributed by atoms with Crippen LogP contribution in [0.2, 0.25) is 0 Å². The number of hydrogen-bond acceptors (Lipinski definition) is 3. The highest BCUT2D eigenvalue weighted by Crippen LogP contribution is 2.20. The molecule has 5 nitrogen and oxygen atoms in total. The third-order valence-corrected chi connectivity index (χ3v) is 4.13. The molecule has 0 radical (unpaired) electrons. The van der Waals surface area contributed by atoms with Crippen LogP contribution in [0.25, 0.3) is 0 Å². The Bertz CT molecular complexity index is 767. The Morgan fingerprint density at radius 1 is 1.12 bits per heavy atom. The molecule has 0 aliphatic rings. The first-order chi connectivity index (χ1) is 11.8. The lowest BCUT2D eigenvalue weighted by Gasteiger charge is -2.15. The van der Waals surface area contributed by atoms with E-state index in [4.69, 9.17) is 0 Å². The van der Waals surface area contributed by atoms with Gasteiger partial charge in [-0.25, -0.2) is 0 Å². The van der Waals surface area contributed by atoms with Gasteiger partial charge in [0.15, 0.2) is 0 Å². The first-order valence-corrected chi connectivity index (χ1v) is 8.42. The highest BCUT2D eigenvalue weighted by molar-refractivity contribution is 5.95. The summed E-state index contributed by atoms with van der Waals surface area (Å²) < 4.78 is 0. The Morgan fingerprint density at radius 2 is 1.76 bits per heavy atom. The molecule has 0 saturated carbocycles. The predicted octanol–water partition coefficient (Wildman–Crippen LogP) is 4.59. The molecule has 2 aromatic carbocycles. The Morgan fingerprint density at radius 3 is 2.28 bits per heavy atom. The van der Waals surface area contributed by atoms with Gasteiger partial charge in [-0.2, -0.15) is 0 Å². The van der Waals surface area contributed by atoms with Crippen LogP contribution in [0.5, 0.6) is 0 Å². The summed E-state index contributed by atoms with van der Waals surface area (Å²) in [5.74, 6) is 0.366. The number of rotatable bonds is 6. The second-order valence-electron chi connectivity index (χ2n) is 6.79. The zero-order valence-electron chi connectivity index (χ0n) is 15.1. The van der Waals surface area contributed by atoms with Gasteiger partial charge in [0.2, 0.25) is 0 Å². The maximum atomic E-state index is 12.4. The van der Waals surface area contributed by atoms with E-state index < -0.39 is 4.92 Å². The number of carbonyl (C=O) groups is 1. The highest BCUT2D eigenvalue weighted by Gasteiger charge is 2.16. The fraction of sp³-hybridized carbons (Fsp3) is 0.350. The minimum absolute atomic E-state index is 0.0188. The summed E-state index contributed by atoms with van der Waals surface area (Å²) in [5, 5.41) is 13.8. The van der Waals surface area contributed by atoms with Crippen molar-refractivity contribution in [1.82, 2.24) is 5.32 Å². The fourth-order valence-electron chi connectivity index (χ4n) is 2.78. The van der Waals surface area contributed by atoms with E-state index in [2.05, 4.69) is 31.3 Å². The topological polar surface area (TPSA) is 72.2 Å². The normalized spacial score (nSPS) is 12.0. The number of aryl methyl sites for hydroxylation is 1. The van der Waals surface area contributed by atoms with Crippen LogP contribution >= 0.6 is 0 Å². The SMILES string of the molecule is Cc1cc(C(=O)N[C@@H](C)c2ccc(CC(C)C)cc2)ccc1[N+](=O)[O-]. The Labute approximate surface area is 148 Å². The molecule has 2 rings (SSSR count). The van der Waals surface area contributed by atoms with Crippen molar-refractivity contribution in [3.05, 3.63) is 74.8 Å². The molecule has 0 heterocycles. The van der Waals surface area contributed by atoms with Gasteiger partial charge in [0, 0.05) is 17.2 Å². The maximum Gasteiger partial charge on any atom is 0.272 e. The molecule has 1 amide bonds. The van der Waals surface area contributed by atoms with Crippen molar-refractivity contribution in [1.29, 1.82) is 0 Å². The monoisotopic (exact) mass is 340 g/mol. The van der Waals surface area contributed by atoms with Gasteiger partial charge in [0.1, 0.15) is 0 Å². The number of nitro benzene ring substituents is 1. The van der Waals surface area contributed by atoms with Crippen molar-refractivity contribution in [2.24, 2.45) is 5.92 Å². The van der Waals surface area contributed by atoms with E-state index in [0.717, 1.165) is 12.0 Å². The van der Waals surface area contributed by atoms with Gasteiger partial charge >= 0.3 is 0 Å². The molecule has 0 saturated heterocycles. The lowest BCUT2D eigenvalue weighted by atomic mass is 9.99. The molecule has 0 aromatic heterocycles. The number of nitrogens with one attached hydrogen (secondary N) is 1. The summed E-state index contributed by atoms with van der Waals surface area (Å²) in [4.78, 5) is 22.8. The molecular weight excluding hydrogens is 316 g/mol. The zero-order chi connectivity index (χ0) is 18.6. The zero-order valence-corrected chi connectivity index (χ0v) is 15.1. The van der Waals surface area contributed by atoms with Gasteiger partial charge in [-0.05, 0) is 49.4 Å². The highest BCUT2D eigenvalue weighted by atomic mass is 16.6. The van der Waals surface area contributed by atoms with E-state index in [1.54, 1.807) is 13.0 Å². The van der Waals surface area contributed by atoms with Crippen LogP contribution in [0.1, 0.15) is 53.9 Å². The van der Waals surface area contributed by atoms with Crippen molar-refractivity contribution in [2.75, 3.05) is 0 Å². The smallest absolute Gasteiger partial charge is 0.272 e. The lowest BCUT2D eigenvalue weighted by molar-refractivity contribution is -0.385. The Balaban J connectivity index is 2.07.